The topological polar surface area (TPSA) is 71.8 Å². The first-order valence-corrected chi connectivity index (χ1v) is 7.29. The monoisotopic (exact) mass is 322 g/mol. The van der Waals surface area contributed by atoms with Gasteiger partial charge in [-0.05, 0) is 23.6 Å². The number of aromatic nitrogens is 1. The number of carboxylic acid groups (broad SMARTS) is 1. The molecule has 1 aromatic heterocycles. The van der Waals surface area contributed by atoms with E-state index in [9.17, 15) is 9.59 Å². The number of fused-ring (bicyclic) bond motifs is 1. The van der Waals surface area contributed by atoms with Crippen molar-refractivity contribution in [2.24, 2.45) is 0 Å². The van der Waals surface area contributed by atoms with Crippen LogP contribution < -0.4 is 0 Å². The normalized spacial score (nSPS) is 18.6. The number of carbonyl (C=O) groups excluding carboxylic acids is 1. The molecule has 1 fully saturated rings. The number of nitrogens with zero attached hydrogens (tertiary/aromatic N) is 2. The summed E-state index contributed by atoms with van der Waals surface area (Å²) in [5, 5.41) is 10.6. The molecule has 0 radical (unpaired) electrons. The van der Waals surface area contributed by atoms with Gasteiger partial charge in [0.15, 0.2) is 6.10 Å². The predicted molar refractivity (Wildman–Crippen MR) is 80.9 cm³/mol. The van der Waals surface area contributed by atoms with E-state index in [0.29, 0.717) is 11.6 Å². The zero-order valence-corrected chi connectivity index (χ0v) is 12.5. The number of carbonyl (C=O) groups is 2. The Morgan fingerprint density at radius 3 is 2.95 bits per heavy atom. The van der Waals surface area contributed by atoms with Crippen LogP contribution in [0.1, 0.15) is 0 Å². The molecule has 1 saturated heterocycles. The van der Waals surface area contributed by atoms with Crippen LogP contribution in [0.4, 0.5) is 0 Å². The number of rotatable bonds is 3. The highest BCUT2D eigenvalue weighted by Gasteiger charge is 2.28. The van der Waals surface area contributed by atoms with E-state index in [4.69, 9.17) is 21.4 Å². The SMILES string of the molecule is O=C(O)[C@@H]1CN(C(=O)Cn2ccc3ccc(Cl)cc32)CCO1. The number of aliphatic carboxylic acids is 1. The third kappa shape index (κ3) is 2.93. The standard InChI is InChI=1S/C15H15ClN2O4/c16-11-2-1-10-3-4-17(12(10)7-11)9-14(19)18-5-6-22-13(8-18)15(20)21/h1-4,7,13H,5-6,8-9H2,(H,20,21)/t13-/m0/s1. The van der Waals surface area contributed by atoms with Crippen LogP contribution in [0.3, 0.4) is 0 Å². The summed E-state index contributed by atoms with van der Waals surface area (Å²) in [6.07, 6.45) is 0.877. The van der Waals surface area contributed by atoms with E-state index >= 15 is 0 Å². The van der Waals surface area contributed by atoms with Crippen molar-refractivity contribution in [3.8, 4) is 0 Å². The molecule has 0 bridgehead atoms. The molecule has 1 atom stereocenters. The molecule has 1 aliphatic rings. The molecule has 0 spiro atoms. The molecule has 1 N–H and O–H groups in total. The van der Waals surface area contributed by atoms with Gasteiger partial charge in [0.05, 0.1) is 13.2 Å². The molecule has 116 valence electrons. The Balaban J connectivity index is 1.75. The van der Waals surface area contributed by atoms with Gasteiger partial charge in [-0.2, -0.15) is 0 Å². The van der Waals surface area contributed by atoms with Crippen molar-refractivity contribution in [3.63, 3.8) is 0 Å². The number of halogens is 1. The average molecular weight is 323 g/mol. The first-order valence-electron chi connectivity index (χ1n) is 6.91. The van der Waals surface area contributed by atoms with E-state index in [1.165, 1.54) is 4.90 Å². The number of hydrogen-bond acceptors (Lipinski definition) is 3. The molecule has 2 aromatic rings. The second-order valence-corrected chi connectivity index (χ2v) is 5.62. The third-order valence-corrected chi connectivity index (χ3v) is 3.97. The van der Waals surface area contributed by atoms with Crippen LogP contribution in [0.25, 0.3) is 10.9 Å². The van der Waals surface area contributed by atoms with Gasteiger partial charge in [0.25, 0.3) is 0 Å². The number of benzene rings is 1. The third-order valence-electron chi connectivity index (χ3n) is 3.74. The summed E-state index contributed by atoms with van der Waals surface area (Å²) in [7, 11) is 0. The molecular weight excluding hydrogens is 308 g/mol. The number of amides is 1. The van der Waals surface area contributed by atoms with Crippen molar-refractivity contribution in [1.29, 1.82) is 0 Å². The van der Waals surface area contributed by atoms with Gasteiger partial charge in [0, 0.05) is 23.3 Å². The molecule has 7 heteroatoms. The number of morpholine rings is 1. The molecule has 1 aromatic carbocycles. The first-order chi connectivity index (χ1) is 10.5. The van der Waals surface area contributed by atoms with Crippen molar-refractivity contribution in [1.82, 2.24) is 9.47 Å². The Hall–Kier alpha value is -2.05. The van der Waals surface area contributed by atoms with Gasteiger partial charge >= 0.3 is 5.97 Å². The van der Waals surface area contributed by atoms with E-state index in [1.807, 2.05) is 29.0 Å². The van der Waals surface area contributed by atoms with E-state index in [1.54, 1.807) is 6.07 Å². The second-order valence-electron chi connectivity index (χ2n) is 5.18. The molecule has 0 unspecified atom stereocenters. The summed E-state index contributed by atoms with van der Waals surface area (Å²) in [6.45, 7) is 0.869. The second kappa shape index (κ2) is 5.98. The number of carboxylic acids is 1. The number of hydrogen-bond donors (Lipinski definition) is 1. The van der Waals surface area contributed by atoms with Gasteiger partial charge < -0.3 is 19.3 Å². The Kier molecular flexibility index (Phi) is 4.04. The van der Waals surface area contributed by atoms with Crippen LogP contribution in [0.15, 0.2) is 30.5 Å². The number of ether oxygens (including phenoxy) is 1. The van der Waals surface area contributed by atoms with Gasteiger partial charge in [-0.1, -0.05) is 17.7 Å². The van der Waals surface area contributed by atoms with Crippen LogP contribution in [0.5, 0.6) is 0 Å². The zero-order valence-electron chi connectivity index (χ0n) is 11.7. The van der Waals surface area contributed by atoms with Crippen molar-refractivity contribution >= 4 is 34.4 Å². The van der Waals surface area contributed by atoms with Crippen LogP contribution in [0.2, 0.25) is 5.02 Å². The first kappa shape index (κ1) is 14.9. The van der Waals surface area contributed by atoms with Gasteiger partial charge in [0.1, 0.15) is 6.54 Å². The summed E-state index contributed by atoms with van der Waals surface area (Å²) >= 11 is 6.00. The fraction of sp³-hybridized carbons (Fsp3) is 0.333. The van der Waals surface area contributed by atoms with Crippen LogP contribution in [-0.2, 0) is 20.9 Å². The highest BCUT2D eigenvalue weighted by molar-refractivity contribution is 6.31. The van der Waals surface area contributed by atoms with Crippen molar-refractivity contribution in [2.75, 3.05) is 19.7 Å². The Labute approximate surface area is 131 Å². The van der Waals surface area contributed by atoms with Crippen molar-refractivity contribution in [2.45, 2.75) is 12.6 Å². The molecular formula is C15H15ClN2O4. The quantitative estimate of drug-likeness (QED) is 0.932. The molecule has 6 nitrogen and oxygen atoms in total. The Morgan fingerprint density at radius 1 is 1.36 bits per heavy atom. The Morgan fingerprint density at radius 2 is 2.18 bits per heavy atom. The maximum absolute atomic E-state index is 12.4. The van der Waals surface area contributed by atoms with E-state index in [0.717, 1.165) is 10.9 Å². The van der Waals surface area contributed by atoms with Gasteiger partial charge in [-0.15, -0.1) is 0 Å². The van der Waals surface area contributed by atoms with Gasteiger partial charge in [-0.3, -0.25) is 4.79 Å². The summed E-state index contributed by atoms with van der Waals surface area (Å²) in [6, 6.07) is 7.42. The van der Waals surface area contributed by atoms with Crippen molar-refractivity contribution in [3.05, 3.63) is 35.5 Å². The van der Waals surface area contributed by atoms with E-state index < -0.39 is 12.1 Å². The summed E-state index contributed by atoms with van der Waals surface area (Å²) in [4.78, 5) is 24.9. The maximum atomic E-state index is 12.4. The lowest BCUT2D eigenvalue weighted by atomic mass is 10.2. The lowest BCUT2D eigenvalue weighted by Crippen LogP contribution is -2.49. The minimum Gasteiger partial charge on any atom is -0.479 e. The highest BCUT2D eigenvalue weighted by atomic mass is 35.5. The van der Waals surface area contributed by atoms with Crippen LogP contribution in [0, 0.1) is 0 Å². The van der Waals surface area contributed by atoms with Crippen LogP contribution >= 0.6 is 11.6 Å². The van der Waals surface area contributed by atoms with Gasteiger partial charge in [-0.25, -0.2) is 4.79 Å². The summed E-state index contributed by atoms with van der Waals surface area (Å²) < 4.78 is 6.94. The predicted octanol–water partition coefficient (Wildman–Crippen LogP) is 1.61. The molecule has 2 heterocycles. The van der Waals surface area contributed by atoms with Crippen molar-refractivity contribution < 1.29 is 19.4 Å². The average Bonchev–Trinajstić information content (AvgIpc) is 2.89. The fourth-order valence-electron chi connectivity index (χ4n) is 2.57. The lowest BCUT2D eigenvalue weighted by molar-refractivity contribution is -0.159. The highest BCUT2D eigenvalue weighted by Crippen LogP contribution is 2.20. The zero-order chi connectivity index (χ0) is 15.7. The summed E-state index contributed by atoms with van der Waals surface area (Å²) in [5.74, 6) is -1.18. The van der Waals surface area contributed by atoms with Gasteiger partial charge in [0.2, 0.25) is 5.91 Å². The molecule has 3 rings (SSSR count). The molecule has 22 heavy (non-hydrogen) atoms. The smallest absolute Gasteiger partial charge is 0.334 e. The largest absolute Gasteiger partial charge is 0.479 e. The molecule has 1 aliphatic heterocycles. The van der Waals surface area contributed by atoms with E-state index in [2.05, 4.69) is 0 Å². The maximum Gasteiger partial charge on any atom is 0.334 e. The molecule has 1 amide bonds. The van der Waals surface area contributed by atoms with E-state index in [-0.39, 0.29) is 25.6 Å². The minimum absolute atomic E-state index is 0.0775. The molecule has 0 aliphatic carbocycles. The minimum atomic E-state index is -1.05. The Bertz CT molecular complexity index is 727. The molecule has 0 saturated carbocycles. The summed E-state index contributed by atoms with van der Waals surface area (Å²) in [5.41, 5.74) is 0.879. The lowest BCUT2D eigenvalue weighted by Gasteiger charge is -2.31. The van der Waals surface area contributed by atoms with Crippen LogP contribution in [-0.4, -0.2) is 52.3 Å². The fourth-order valence-corrected chi connectivity index (χ4v) is 2.73.